The molecule has 0 N–H and O–H groups in total. The Morgan fingerprint density at radius 1 is 1.43 bits per heavy atom. The maximum atomic E-state index is 11.9. The van der Waals surface area contributed by atoms with E-state index in [9.17, 15) is 4.79 Å². The number of rotatable bonds is 0. The molecule has 1 atom stereocenters. The summed E-state index contributed by atoms with van der Waals surface area (Å²) in [6, 6.07) is 2.06. The highest BCUT2D eigenvalue weighted by atomic mass is 79.9. The second-order valence-corrected chi connectivity index (χ2v) is 5.46. The van der Waals surface area contributed by atoms with Crippen LogP contribution in [0.3, 0.4) is 0 Å². The average molecular weight is 318 g/mol. The van der Waals surface area contributed by atoms with E-state index in [2.05, 4.69) is 37.9 Å². The third-order valence-corrected chi connectivity index (χ3v) is 4.43. The molecular formula is C11H10Br2O. The molecule has 0 radical (unpaired) electrons. The van der Waals surface area contributed by atoms with Crippen LogP contribution < -0.4 is 0 Å². The summed E-state index contributed by atoms with van der Waals surface area (Å²) in [7, 11) is 0. The van der Waals surface area contributed by atoms with Gasteiger partial charge in [-0.1, -0.05) is 22.9 Å². The molecule has 74 valence electrons. The lowest BCUT2D eigenvalue weighted by Crippen LogP contribution is -2.04. The van der Waals surface area contributed by atoms with Gasteiger partial charge in [-0.25, -0.2) is 0 Å². The maximum absolute atomic E-state index is 11.9. The number of ketones is 1. The minimum atomic E-state index is 0.124. The Labute approximate surface area is 100 Å². The molecule has 1 aromatic carbocycles. The number of hydrogen-bond acceptors (Lipinski definition) is 1. The molecule has 0 saturated carbocycles. The Hall–Kier alpha value is -0.150. The van der Waals surface area contributed by atoms with Gasteiger partial charge in [0.05, 0.1) is 0 Å². The fourth-order valence-corrected chi connectivity index (χ4v) is 3.14. The molecule has 0 unspecified atom stereocenters. The van der Waals surface area contributed by atoms with Crippen molar-refractivity contribution in [2.24, 2.45) is 5.92 Å². The normalized spacial score (nSPS) is 20.0. The average Bonchev–Trinajstić information content (AvgIpc) is 2.41. The molecule has 14 heavy (non-hydrogen) atoms. The van der Waals surface area contributed by atoms with E-state index in [1.807, 2.05) is 13.8 Å². The molecule has 1 aromatic rings. The molecule has 0 amide bonds. The molecule has 0 aromatic heterocycles. The molecule has 3 heteroatoms. The van der Waals surface area contributed by atoms with Gasteiger partial charge in [-0.05, 0) is 46.5 Å². The van der Waals surface area contributed by atoms with Gasteiger partial charge in [-0.3, -0.25) is 4.79 Å². The molecule has 0 saturated heterocycles. The predicted octanol–water partition coefficient (Wildman–Crippen LogP) is 3.89. The van der Waals surface area contributed by atoms with Gasteiger partial charge in [0.2, 0.25) is 0 Å². The highest BCUT2D eigenvalue weighted by molar-refractivity contribution is 9.11. The van der Waals surface area contributed by atoms with Gasteiger partial charge in [0, 0.05) is 20.4 Å². The van der Waals surface area contributed by atoms with Crippen molar-refractivity contribution < 1.29 is 4.79 Å². The Morgan fingerprint density at radius 3 is 2.71 bits per heavy atom. The Kier molecular flexibility index (Phi) is 2.56. The lowest BCUT2D eigenvalue weighted by molar-refractivity contribution is 0.0945. The van der Waals surface area contributed by atoms with Crippen LogP contribution >= 0.6 is 31.9 Å². The van der Waals surface area contributed by atoms with Crippen molar-refractivity contribution in [3.63, 3.8) is 0 Å². The van der Waals surface area contributed by atoms with Gasteiger partial charge in [-0.2, -0.15) is 0 Å². The Bertz CT molecular complexity index is 424. The molecule has 0 spiro atoms. The van der Waals surface area contributed by atoms with Crippen molar-refractivity contribution in [2.75, 3.05) is 0 Å². The van der Waals surface area contributed by atoms with Gasteiger partial charge >= 0.3 is 0 Å². The molecule has 0 fully saturated rings. The Morgan fingerprint density at radius 2 is 2.07 bits per heavy atom. The van der Waals surface area contributed by atoms with E-state index in [1.165, 1.54) is 0 Å². The molecule has 0 aliphatic heterocycles. The number of Topliss-reactive ketones (excluding diaryl/α,β-unsaturated/α-hetero) is 1. The molecule has 0 heterocycles. The maximum Gasteiger partial charge on any atom is 0.167 e. The quantitative estimate of drug-likeness (QED) is 0.709. The van der Waals surface area contributed by atoms with Crippen LogP contribution in [0.1, 0.15) is 28.4 Å². The lowest BCUT2D eigenvalue weighted by Gasteiger charge is -2.06. The van der Waals surface area contributed by atoms with Crippen LogP contribution in [0.4, 0.5) is 0 Å². The second kappa shape index (κ2) is 3.46. The number of hydrogen-bond donors (Lipinski definition) is 0. The van der Waals surface area contributed by atoms with E-state index in [-0.39, 0.29) is 11.7 Å². The number of carbonyl (C=O) groups is 1. The highest BCUT2D eigenvalue weighted by Crippen LogP contribution is 2.38. The van der Waals surface area contributed by atoms with Crippen molar-refractivity contribution in [1.29, 1.82) is 0 Å². The Balaban J connectivity index is 2.74. The van der Waals surface area contributed by atoms with E-state index >= 15 is 0 Å². The third-order valence-electron chi connectivity index (χ3n) is 2.70. The smallest absolute Gasteiger partial charge is 0.167 e. The molecule has 1 nitrogen and oxygen atoms in total. The zero-order chi connectivity index (χ0) is 10.5. The van der Waals surface area contributed by atoms with Crippen molar-refractivity contribution in [1.82, 2.24) is 0 Å². The van der Waals surface area contributed by atoms with Gasteiger partial charge in [-0.15, -0.1) is 0 Å². The first-order valence-electron chi connectivity index (χ1n) is 4.54. The number of halogens is 2. The topological polar surface area (TPSA) is 17.1 Å². The van der Waals surface area contributed by atoms with Gasteiger partial charge in [0.15, 0.2) is 5.78 Å². The summed E-state index contributed by atoms with van der Waals surface area (Å²) in [5, 5.41) is 0. The minimum Gasteiger partial charge on any atom is -0.294 e. The number of aryl methyl sites for hydroxylation is 1. The first kappa shape index (κ1) is 10.4. The SMILES string of the molecule is Cc1cc(Br)c2c(c1Br)C(=O)[C@@H](C)C2. The number of fused-ring (bicyclic) bond motifs is 1. The first-order valence-corrected chi connectivity index (χ1v) is 6.12. The fourth-order valence-electron chi connectivity index (χ4n) is 1.89. The monoisotopic (exact) mass is 316 g/mol. The number of benzene rings is 1. The van der Waals surface area contributed by atoms with E-state index in [0.717, 1.165) is 32.1 Å². The predicted molar refractivity (Wildman–Crippen MR) is 63.8 cm³/mol. The van der Waals surface area contributed by atoms with Crippen LogP contribution in [-0.2, 0) is 6.42 Å². The van der Waals surface area contributed by atoms with E-state index in [0.29, 0.717) is 0 Å². The highest BCUT2D eigenvalue weighted by Gasteiger charge is 2.31. The molecule has 1 aliphatic carbocycles. The van der Waals surface area contributed by atoms with Crippen LogP contribution in [0.25, 0.3) is 0 Å². The third kappa shape index (κ3) is 1.38. The standard InChI is InChI=1S/C11H10Br2O/c1-5-4-8(12)7-3-6(2)11(14)9(7)10(5)13/h4,6H,3H2,1-2H3/t6-/m0/s1. The van der Waals surface area contributed by atoms with E-state index in [4.69, 9.17) is 0 Å². The van der Waals surface area contributed by atoms with Gasteiger partial charge in [0.1, 0.15) is 0 Å². The van der Waals surface area contributed by atoms with Crippen molar-refractivity contribution in [3.8, 4) is 0 Å². The number of carbonyl (C=O) groups excluding carboxylic acids is 1. The minimum absolute atomic E-state index is 0.124. The molecular weight excluding hydrogens is 308 g/mol. The van der Waals surface area contributed by atoms with Crippen LogP contribution in [0.5, 0.6) is 0 Å². The van der Waals surface area contributed by atoms with Crippen molar-refractivity contribution in [2.45, 2.75) is 20.3 Å². The molecule has 1 aliphatic rings. The van der Waals surface area contributed by atoms with Gasteiger partial charge < -0.3 is 0 Å². The largest absolute Gasteiger partial charge is 0.294 e. The zero-order valence-corrected chi connectivity index (χ0v) is 11.2. The van der Waals surface area contributed by atoms with E-state index in [1.54, 1.807) is 0 Å². The second-order valence-electron chi connectivity index (χ2n) is 3.81. The van der Waals surface area contributed by atoms with E-state index < -0.39 is 0 Å². The summed E-state index contributed by atoms with van der Waals surface area (Å²) in [5.74, 6) is 0.385. The summed E-state index contributed by atoms with van der Waals surface area (Å²) in [5.41, 5.74) is 3.14. The summed E-state index contributed by atoms with van der Waals surface area (Å²) < 4.78 is 2.02. The van der Waals surface area contributed by atoms with Crippen LogP contribution in [0.2, 0.25) is 0 Å². The first-order chi connectivity index (χ1) is 6.52. The molecule has 0 bridgehead atoms. The zero-order valence-electron chi connectivity index (χ0n) is 8.03. The summed E-state index contributed by atoms with van der Waals surface area (Å²) >= 11 is 7.01. The lowest BCUT2D eigenvalue weighted by atomic mass is 10.1. The van der Waals surface area contributed by atoms with Crippen LogP contribution in [0.15, 0.2) is 15.0 Å². The summed E-state index contributed by atoms with van der Waals surface area (Å²) in [4.78, 5) is 11.9. The van der Waals surface area contributed by atoms with Crippen LogP contribution in [0, 0.1) is 12.8 Å². The van der Waals surface area contributed by atoms with Crippen LogP contribution in [-0.4, -0.2) is 5.78 Å². The van der Waals surface area contributed by atoms with Gasteiger partial charge in [0.25, 0.3) is 0 Å². The summed E-state index contributed by atoms with van der Waals surface area (Å²) in [6.45, 7) is 3.99. The van der Waals surface area contributed by atoms with Crippen molar-refractivity contribution >= 4 is 37.6 Å². The molecule has 2 rings (SSSR count). The summed E-state index contributed by atoms with van der Waals surface area (Å²) in [6.07, 6.45) is 0.855. The van der Waals surface area contributed by atoms with Crippen molar-refractivity contribution in [3.05, 3.63) is 31.7 Å². The fraction of sp³-hybridized carbons (Fsp3) is 0.364.